The van der Waals surface area contributed by atoms with E-state index in [-0.39, 0.29) is 24.3 Å². The number of carbonyl (C=O) groups is 3. The van der Waals surface area contributed by atoms with Gasteiger partial charge in [-0.15, -0.1) is 11.3 Å². The second kappa shape index (κ2) is 7.23. The molecular formula is C19H23NO5S. The van der Waals surface area contributed by atoms with Gasteiger partial charge in [0, 0.05) is 4.88 Å². The fourth-order valence-electron chi connectivity index (χ4n) is 4.22. The molecule has 2 aliphatic rings. The highest BCUT2D eigenvalue weighted by atomic mass is 32.1. The molecule has 7 heteroatoms. The number of aryl methyl sites for hydroxylation is 1. The molecule has 1 aromatic rings. The third-order valence-electron chi connectivity index (χ3n) is 5.33. The van der Waals surface area contributed by atoms with Crippen molar-refractivity contribution in [3.8, 4) is 0 Å². The molecule has 0 radical (unpaired) electrons. The fraction of sp³-hybridized carbons (Fsp3) is 0.526. The molecular weight excluding hydrogens is 354 g/mol. The van der Waals surface area contributed by atoms with E-state index in [0.29, 0.717) is 23.4 Å². The minimum atomic E-state index is -0.941. The van der Waals surface area contributed by atoms with Gasteiger partial charge in [-0.05, 0) is 44.1 Å². The molecule has 4 atom stereocenters. The maximum atomic E-state index is 12.9. The second-order valence-electron chi connectivity index (χ2n) is 6.74. The van der Waals surface area contributed by atoms with Gasteiger partial charge in [-0.3, -0.25) is 9.59 Å². The summed E-state index contributed by atoms with van der Waals surface area (Å²) >= 11 is 1.34. The molecule has 0 aromatic carbocycles. The average Bonchev–Trinajstić information content (AvgIpc) is 3.26. The average molecular weight is 377 g/mol. The van der Waals surface area contributed by atoms with Gasteiger partial charge in [-0.25, -0.2) is 4.79 Å². The molecule has 140 valence electrons. The Morgan fingerprint density at radius 1 is 1.23 bits per heavy atom. The summed E-state index contributed by atoms with van der Waals surface area (Å²) in [6.07, 6.45) is 5.20. The standard InChI is InChI=1S/C19H23NO5S/c1-4-12-9(3)26-17(15(12)19(24)25-5-2)20-16(21)13-10-6-7-11(8-10)14(13)18(22)23/h6-7,10-11,13-14H,4-5,8H2,1-3H3,(H,20,21)(H,22,23)/t10-,11-,13+,14+/m1/s1. The van der Waals surface area contributed by atoms with Crippen molar-refractivity contribution >= 4 is 34.2 Å². The number of thiophene rings is 1. The highest BCUT2D eigenvalue weighted by Crippen LogP contribution is 2.48. The van der Waals surface area contributed by atoms with Gasteiger partial charge in [0.05, 0.1) is 24.0 Å². The van der Waals surface area contributed by atoms with E-state index < -0.39 is 23.8 Å². The number of amides is 1. The van der Waals surface area contributed by atoms with Crippen molar-refractivity contribution in [3.05, 3.63) is 28.2 Å². The van der Waals surface area contributed by atoms with Crippen molar-refractivity contribution in [2.45, 2.75) is 33.6 Å². The topological polar surface area (TPSA) is 92.7 Å². The van der Waals surface area contributed by atoms with Crippen LogP contribution in [0.2, 0.25) is 0 Å². The van der Waals surface area contributed by atoms with Crippen molar-refractivity contribution in [2.75, 3.05) is 11.9 Å². The van der Waals surface area contributed by atoms with E-state index >= 15 is 0 Å². The van der Waals surface area contributed by atoms with Crippen LogP contribution in [0.5, 0.6) is 0 Å². The Balaban J connectivity index is 1.89. The number of hydrogen-bond acceptors (Lipinski definition) is 5. The van der Waals surface area contributed by atoms with E-state index in [1.807, 2.05) is 26.0 Å². The van der Waals surface area contributed by atoms with Crippen molar-refractivity contribution < 1.29 is 24.2 Å². The van der Waals surface area contributed by atoms with Crippen LogP contribution < -0.4 is 5.32 Å². The molecule has 2 bridgehead atoms. The number of carboxylic acids is 1. The minimum absolute atomic E-state index is 0.0566. The van der Waals surface area contributed by atoms with E-state index in [2.05, 4.69) is 5.32 Å². The van der Waals surface area contributed by atoms with E-state index in [1.54, 1.807) is 6.92 Å². The summed E-state index contributed by atoms with van der Waals surface area (Å²) < 4.78 is 5.15. The molecule has 1 aromatic heterocycles. The Hall–Kier alpha value is -2.15. The molecule has 6 nitrogen and oxygen atoms in total. The molecule has 3 rings (SSSR count). The summed E-state index contributed by atoms with van der Waals surface area (Å²) in [6.45, 7) is 5.84. The van der Waals surface area contributed by atoms with Gasteiger partial charge in [-0.2, -0.15) is 0 Å². The zero-order valence-corrected chi connectivity index (χ0v) is 15.9. The molecule has 2 aliphatic carbocycles. The van der Waals surface area contributed by atoms with Crippen LogP contribution in [0.3, 0.4) is 0 Å². The van der Waals surface area contributed by atoms with Crippen molar-refractivity contribution in [1.29, 1.82) is 0 Å². The number of aliphatic carboxylic acids is 1. The Bertz CT molecular complexity index is 781. The van der Waals surface area contributed by atoms with E-state index in [9.17, 15) is 19.5 Å². The Kier molecular flexibility index (Phi) is 5.18. The second-order valence-corrected chi connectivity index (χ2v) is 7.97. The predicted molar refractivity (Wildman–Crippen MR) is 98.4 cm³/mol. The number of esters is 1. The third-order valence-corrected chi connectivity index (χ3v) is 6.39. The van der Waals surface area contributed by atoms with Gasteiger partial charge < -0.3 is 15.2 Å². The quantitative estimate of drug-likeness (QED) is 0.586. The number of fused-ring (bicyclic) bond motifs is 2. The third kappa shape index (κ3) is 3.05. The number of nitrogens with one attached hydrogen (secondary N) is 1. The van der Waals surface area contributed by atoms with Gasteiger partial charge in [-0.1, -0.05) is 19.1 Å². The maximum Gasteiger partial charge on any atom is 0.341 e. The number of hydrogen-bond donors (Lipinski definition) is 2. The van der Waals surface area contributed by atoms with E-state index in [1.165, 1.54) is 11.3 Å². The summed E-state index contributed by atoms with van der Waals surface area (Å²) in [6, 6.07) is 0. The van der Waals surface area contributed by atoms with Crippen molar-refractivity contribution in [3.63, 3.8) is 0 Å². The van der Waals surface area contributed by atoms with Gasteiger partial charge in [0.25, 0.3) is 0 Å². The summed E-state index contributed by atoms with van der Waals surface area (Å²) in [5.41, 5.74) is 1.27. The fourth-order valence-corrected chi connectivity index (χ4v) is 5.36. The number of carboxylic acid groups (broad SMARTS) is 1. The molecule has 2 N–H and O–H groups in total. The van der Waals surface area contributed by atoms with Crippen molar-refractivity contribution in [2.24, 2.45) is 23.7 Å². The monoisotopic (exact) mass is 377 g/mol. The number of ether oxygens (including phenoxy) is 1. The smallest absolute Gasteiger partial charge is 0.341 e. The van der Waals surface area contributed by atoms with Crippen LogP contribution in [0.25, 0.3) is 0 Å². The van der Waals surface area contributed by atoms with Crippen LogP contribution in [-0.2, 0) is 20.7 Å². The lowest BCUT2D eigenvalue weighted by Crippen LogP contribution is -2.36. The van der Waals surface area contributed by atoms with Crippen LogP contribution in [0.1, 0.15) is 41.1 Å². The van der Waals surface area contributed by atoms with Gasteiger partial charge in [0.1, 0.15) is 5.00 Å². The van der Waals surface area contributed by atoms with Gasteiger partial charge in [0.15, 0.2) is 0 Å². The van der Waals surface area contributed by atoms with Gasteiger partial charge in [0.2, 0.25) is 5.91 Å². The zero-order valence-electron chi connectivity index (χ0n) is 15.1. The Labute approximate surface area is 156 Å². The first-order valence-electron chi connectivity index (χ1n) is 8.90. The number of allylic oxidation sites excluding steroid dienone is 2. The molecule has 0 saturated heterocycles. The Morgan fingerprint density at radius 2 is 1.88 bits per heavy atom. The first-order chi connectivity index (χ1) is 12.4. The number of rotatable bonds is 6. The molecule has 0 unspecified atom stereocenters. The highest BCUT2D eigenvalue weighted by molar-refractivity contribution is 7.16. The maximum absolute atomic E-state index is 12.9. The molecule has 1 saturated carbocycles. The number of carbonyl (C=O) groups excluding carboxylic acids is 2. The number of anilines is 1. The normalized spacial score (nSPS) is 26.1. The lowest BCUT2D eigenvalue weighted by molar-refractivity contribution is -0.146. The van der Waals surface area contributed by atoms with Gasteiger partial charge >= 0.3 is 11.9 Å². The summed E-state index contributed by atoms with van der Waals surface area (Å²) in [5.74, 6) is -3.18. The lowest BCUT2D eigenvalue weighted by Gasteiger charge is -2.23. The van der Waals surface area contributed by atoms with E-state index in [4.69, 9.17) is 4.74 Å². The first-order valence-corrected chi connectivity index (χ1v) is 9.72. The van der Waals surface area contributed by atoms with Crippen LogP contribution in [-0.4, -0.2) is 29.6 Å². The van der Waals surface area contributed by atoms with Crippen molar-refractivity contribution in [1.82, 2.24) is 0 Å². The first kappa shape index (κ1) is 18.6. The molecule has 1 heterocycles. The zero-order chi connectivity index (χ0) is 19.0. The molecule has 0 aliphatic heterocycles. The summed E-state index contributed by atoms with van der Waals surface area (Å²) in [4.78, 5) is 37.9. The SMILES string of the molecule is CCOC(=O)c1c(NC(=O)[C@@H]2[C@@H](C(=O)O)[C@@H]3C=C[C@@H]2C3)sc(C)c1CC. The molecule has 1 fully saturated rings. The molecule has 0 spiro atoms. The van der Waals surface area contributed by atoms with Crippen LogP contribution >= 0.6 is 11.3 Å². The van der Waals surface area contributed by atoms with Crippen LogP contribution in [0.4, 0.5) is 5.00 Å². The molecule has 1 amide bonds. The Morgan fingerprint density at radius 3 is 2.46 bits per heavy atom. The summed E-state index contributed by atoms with van der Waals surface area (Å²) in [7, 11) is 0. The van der Waals surface area contributed by atoms with E-state index in [0.717, 1.165) is 10.4 Å². The summed E-state index contributed by atoms with van der Waals surface area (Å²) in [5, 5.41) is 12.8. The van der Waals surface area contributed by atoms with Crippen LogP contribution in [0.15, 0.2) is 12.2 Å². The largest absolute Gasteiger partial charge is 0.481 e. The van der Waals surface area contributed by atoms with Crippen LogP contribution in [0, 0.1) is 30.6 Å². The predicted octanol–water partition coefficient (Wildman–Crippen LogP) is 3.26. The lowest BCUT2D eigenvalue weighted by atomic mass is 9.82. The molecule has 26 heavy (non-hydrogen) atoms. The highest BCUT2D eigenvalue weighted by Gasteiger charge is 2.51. The minimum Gasteiger partial charge on any atom is -0.481 e.